The molecule has 9 heteroatoms. The summed E-state index contributed by atoms with van der Waals surface area (Å²) in [7, 11) is 0. The van der Waals surface area contributed by atoms with E-state index in [0.717, 1.165) is 17.2 Å². The molecule has 0 aromatic carbocycles. The van der Waals surface area contributed by atoms with Crippen molar-refractivity contribution in [3.63, 3.8) is 0 Å². The average molecular weight is 371 g/mol. The van der Waals surface area contributed by atoms with Crippen molar-refractivity contribution < 1.29 is 14.3 Å². The van der Waals surface area contributed by atoms with Crippen LogP contribution in [0, 0.1) is 0 Å². The summed E-state index contributed by atoms with van der Waals surface area (Å²) >= 11 is 2.74. The van der Waals surface area contributed by atoms with E-state index >= 15 is 0 Å². The predicted octanol–water partition coefficient (Wildman–Crippen LogP) is 2.17. The van der Waals surface area contributed by atoms with Gasteiger partial charge in [-0.2, -0.15) is 0 Å². The van der Waals surface area contributed by atoms with Gasteiger partial charge in [-0.25, -0.2) is 4.79 Å². The van der Waals surface area contributed by atoms with Crippen LogP contribution in [0.5, 0.6) is 0 Å². The maximum atomic E-state index is 12.5. The third-order valence-electron chi connectivity index (χ3n) is 3.51. The van der Waals surface area contributed by atoms with Gasteiger partial charge in [0.25, 0.3) is 0 Å². The van der Waals surface area contributed by atoms with Gasteiger partial charge in [0.15, 0.2) is 4.34 Å². The van der Waals surface area contributed by atoms with Gasteiger partial charge in [-0.3, -0.25) is 4.79 Å². The van der Waals surface area contributed by atoms with Crippen LogP contribution in [0.3, 0.4) is 0 Å². The Kier molecular flexibility index (Phi) is 7.51. The number of ether oxygens (including phenoxy) is 1. The van der Waals surface area contributed by atoms with Crippen LogP contribution in [0.1, 0.15) is 26.2 Å². The molecule has 1 aromatic heterocycles. The van der Waals surface area contributed by atoms with Crippen molar-refractivity contribution in [1.82, 2.24) is 15.1 Å². The third-order valence-corrected chi connectivity index (χ3v) is 5.50. The summed E-state index contributed by atoms with van der Waals surface area (Å²) in [5.74, 6) is -0.123. The Morgan fingerprint density at radius 3 is 3.08 bits per heavy atom. The average Bonchev–Trinajstić information content (AvgIpc) is 3.06. The molecule has 0 saturated carbocycles. The lowest BCUT2D eigenvalue weighted by molar-refractivity contribution is -0.155. The van der Waals surface area contributed by atoms with Gasteiger partial charge >= 0.3 is 5.97 Å². The van der Waals surface area contributed by atoms with Gasteiger partial charge in [-0.15, -0.1) is 16.8 Å². The molecule has 132 valence electrons. The third kappa shape index (κ3) is 5.20. The number of carbonyl (C=O) groups excluding carboxylic acids is 2. The summed E-state index contributed by atoms with van der Waals surface area (Å²) in [5.41, 5.74) is 0. The molecule has 2 heterocycles. The molecule has 0 unspecified atom stereocenters. The van der Waals surface area contributed by atoms with Crippen molar-refractivity contribution in [1.29, 1.82) is 0 Å². The van der Waals surface area contributed by atoms with Gasteiger partial charge in [0.05, 0.1) is 12.4 Å². The number of carbonyl (C=O) groups is 2. The molecule has 1 saturated heterocycles. The van der Waals surface area contributed by atoms with Crippen molar-refractivity contribution in [3.05, 3.63) is 12.7 Å². The quantitative estimate of drug-likeness (QED) is 0.426. The highest BCUT2D eigenvalue weighted by Crippen LogP contribution is 2.27. The molecule has 7 nitrogen and oxygen atoms in total. The molecule has 1 atom stereocenters. The van der Waals surface area contributed by atoms with Crippen LogP contribution in [-0.4, -0.2) is 58.5 Å². The maximum Gasteiger partial charge on any atom is 0.328 e. The summed E-state index contributed by atoms with van der Waals surface area (Å²) in [6.45, 7) is 6.95. The van der Waals surface area contributed by atoms with Crippen LogP contribution < -0.4 is 5.32 Å². The molecule has 24 heavy (non-hydrogen) atoms. The van der Waals surface area contributed by atoms with Crippen LogP contribution in [0.4, 0.5) is 5.13 Å². The highest BCUT2D eigenvalue weighted by molar-refractivity contribution is 8.01. The molecule has 0 bridgehead atoms. The minimum absolute atomic E-state index is 0.0615. The molecule has 1 aliphatic rings. The fraction of sp³-hybridized carbons (Fsp3) is 0.600. The van der Waals surface area contributed by atoms with Crippen LogP contribution in [0.2, 0.25) is 0 Å². The molecular formula is C15H22N4O3S2. The Hall–Kier alpha value is -1.61. The smallest absolute Gasteiger partial charge is 0.328 e. The van der Waals surface area contributed by atoms with Crippen LogP contribution in [0.25, 0.3) is 0 Å². The number of piperidine rings is 1. The first-order valence-electron chi connectivity index (χ1n) is 7.92. The second-order valence-electron chi connectivity index (χ2n) is 5.18. The van der Waals surface area contributed by atoms with Gasteiger partial charge in [-0.05, 0) is 26.2 Å². The number of hydrogen-bond acceptors (Lipinski definition) is 8. The van der Waals surface area contributed by atoms with Crippen molar-refractivity contribution in [3.8, 4) is 0 Å². The van der Waals surface area contributed by atoms with E-state index in [2.05, 4.69) is 22.1 Å². The van der Waals surface area contributed by atoms with E-state index in [4.69, 9.17) is 4.74 Å². The van der Waals surface area contributed by atoms with Crippen LogP contribution in [-0.2, 0) is 14.3 Å². The van der Waals surface area contributed by atoms with Gasteiger partial charge in [-0.1, -0.05) is 29.2 Å². The van der Waals surface area contributed by atoms with Crippen LogP contribution in [0.15, 0.2) is 17.0 Å². The van der Waals surface area contributed by atoms with Crippen molar-refractivity contribution in [2.24, 2.45) is 0 Å². The van der Waals surface area contributed by atoms with E-state index in [-0.39, 0.29) is 17.6 Å². The molecule has 0 spiro atoms. The zero-order valence-corrected chi connectivity index (χ0v) is 15.3. The van der Waals surface area contributed by atoms with E-state index < -0.39 is 6.04 Å². The van der Waals surface area contributed by atoms with Crippen LogP contribution >= 0.6 is 23.1 Å². The highest BCUT2D eigenvalue weighted by atomic mass is 32.2. The van der Waals surface area contributed by atoms with Gasteiger partial charge < -0.3 is 15.0 Å². The lowest BCUT2D eigenvalue weighted by Gasteiger charge is -2.33. The summed E-state index contributed by atoms with van der Waals surface area (Å²) < 4.78 is 5.81. The largest absolute Gasteiger partial charge is 0.464 e. The first kappa shape index (κ1) is 18.7. The molecule has 1 aliphatic heterocycles. The van der Waals surface area contributed by atoms with Gasteiger partial charge in [0.1, 0.15) is 6.04 Å². The summed E-state index contributed by atoms with van der Waals surface area (Å²) in [6.07, 6.45) is 4.27. The van der Waals surface area contributed by atoms with Crippen molar-refractivity contribution in [2.75, 3.05) is 30.8 Å². The second-order valence-corrected chi connectivity index (χ2v) is 7.38. The number of aromatic nitrogens is 2. The molecule has 1 aromatic rings. The normalized spacial score (nSPS) is 17.4. The van der Waals surface area contributed by atoms with Crippen molar-refractivity contribution in [2.45, 2.75) is 36.6 Å². The molecule has 1 N–H and O–H groups in total. The first-order chi connectivity index (χ1) is 11.7. The lowest BCUT2D eigenvalue weighted by atomic mass is 10.0. The minimum atomic E-state index is -0.453. The fourth-order valence-electron chi connectivity index (χ4n) is 2.42. The zero-order chi connectivity index (χ0) is 17.4. The minimum Gasteiger partial charge on any atom is -0.464 e. The number of anilines is 1. The number of thioether (sulfide) groups is 1. The SMILES string of the molecule is C=CCNc1nnc(SCC(=O)N2CCCC[C@H]2C(=O)OCC)s1. The molecular weight excluding hydrogens is 348 g/mol. The number of likely N-dealkylation sites (tertiary alicyclic amines) is 1. The molecule has 1 fully saturated rings. The molecule has 0 radical (unpaired) electrons. The number of hydrogen-bond donors (Lipinski definition) is 1. The summed E-state index contributed by atoms with van der Waals surface area (Å²) in [5, 5.41) is 11.8. The Balaban J connectivity index is 1.88. The standard InChI is InChI=1S/C15H22N4O3S2/c1-3-8-16-14-17-18-15(24-14)23-10-12(20)19-9-6-5-7-11(19)13(21)22-4-2/h3,11H,1,4-10H2,2H3,(H,16,17)/t11-/m0/s1. The summed E-state index contributed by atoms with van der Waals surface area (Å²) in [6, 6.07) is -0.453. The lowest BCUT2D eigenvalue weighted by Crippen LogP contribution is -2.49. The monoisotopic (exact) mass is 370 g/mol. The Labute approximate surface area is 149 Å². The number of nitrogens with zero attached hydrogens (tertiary/aromatic N) is 3. The number of esters is 1. The Morgan fingerprint density at radius 1 is 1.50 bits per heavy atom. The van der Waals surface area contributed by atoms with Gasteiger partial charge in [0.2, 0.25) is 11.0 Å². The van der Waals surface area contributed by atoms with Gasteiger partial charge in [0, 0.05) is 13.1 Å². The van der Waals surface area contributed by atoms with E-state index in [1.807, 2.05) is 0 Å². The number of amides is 1. The van der Waals surface area contributed by atoms with E-state index in [1.54, 1.807) is 17.9 Å². The molecule has 2 rings (SSSR count). The topological polar surface area (TPSA) is 84.4 Å². The van der Waals surface area contributed by atoms with E-state index in [0.29, 0.717) is 31.2 Å². The maximum absolute atomic E-state index is 12.5. The van der Waals surface area contributed by atoms with E-state index in [1.165, 1.54) is 23.1 Å². The Morgan fingerprint density at radius 2 is 2.33 bits per heavy atom. The first-order valence-corrected chi connectivity index (χ1v) is 9.73. The number of nitrogens with one attached hydrogen (secondary N) is 1. The fourth-order valence-corrected chi connectivity index (χ4v) is 4.06. The Bertz CT molecular complexity index is 579. The molecule has 0 aliphatic carbocycles. The summed E-state index contributed by atoms with van der Waals surface area (Å²) in [4.78, 5) is 26.2. The second kappa shape index (κ2) is 9.63. The van der Waals surface area contributed by atoms with Crippen molar-refractivity contribution >= 4 is 40.1 Å². The van der Waals surface area contributed by atoms with E-state index in [9.17, 15) is 9.59 Å². The highest BCUT2D eigenvalue weighted by Gasteiger charge is 2.33. The molecule has 1 amide bonds. The predicted molar refractivity (Wildman–Crippen MR) is 95.3 cm³/mol. The number of rotatable bonds is 8. The zero-order valence-electron chi connectivity index (χ0n) is 13.7.